The molecule has 0 heteroatoms. The lowest BCUT2D eigenvalue weighted by Crippen LogP contribution is -2.25. The third kappa shape index (κ3) is 3.10. The maximum atomic E-state index is 2.30. The maximum absolute atomic E-state index is 2.30. The van der Waals surface area contributed by atoms with Gasteiger partial charge in [0.25, 0.3) is 0 Å². The first-order valence-electron chi connectivity index (χ1n) is 6.10. The Morgan fingerprint density at radius 3 is 1.38 bits per heavy atom. The largest absolute Gasteiger partial charge is 0.0881 e. The van der Waals surface area contributed by atoms with Crippen molar-refractivity contribution in [3.63, 3.8) is 0 Å². The molecule has 0 aromatic rings. The number of rotatable bonds is 4. The molecule has 0 spiro atoms. The van der Waals surface area contributed by atoms with E-state index in [1.807, 2.05) is 0 Å². The molecule has 0 heterocycles. The summed E-state index contributed by atoms with van der Waals surface area (Å²) in [6.07, 6.45) is 6.62. The Kier molecular flexibility index (Phi) is 5.78. The molecule has 0 saturated carbocycles. The molecule has 0 N–H and O–H groups in total. The fraction of sp³-hybridized carbons (Fsp3) is 0.562. The molecule has 0 unspecified atom stereocenters. The molecular weight excluding hydrogens is 192 g/mol. The van der Waals surface area contributed by atoms with Gasteiger partial charge in [0, 0.05) is 5.92 Å². The second-order valence-corrected chi connectivity index (χ2v) is 4.92. The molecule has 0 bridgehead atoms. The van der Waals surface area contributed by atoms with Crippen LogP contribution in [0.25, 0.3) is 0 Å². The summed E-state index contributed by atoms with van der Waals surface area (Å²) in [5, 5.41) is 0. The first-order valence-corrected chi connectivity index (χ1v) is 6.10. The van der Waals surface area contributed by atoms with Crippen molar-refractivity contribution in [1.82, 2.24) is 0 Å². The molecule has 0 amide bonds. The van der Waals surface area contributed by atoms with E-state index in [2.05, 4.69) is 73.6 Å². The van der Waals surface area contributed by atoms with Crippen LogP contribution in [0.3, 0.4) is 0 Å². The van der Waals surface area contributed by atoms with Crippen LogP contribution in [-0.2, 0) is 0 Å². The summed E-state index contributed by atoms with van der Waals surface area (Å²) >= 11 is 0. The molecular formula is C16H27. The summed E-state index contributed by atoms with van der Waals surface area (Å²) in [4.78, 5) is 0. The van der Waals surface area contributed by atoms with E-state index >= 15 is 0 Å². The van der Waals surface area contributed by atoms with Crippen LogP contribution in [0.5, 0.6) is 0 Å². The van der Waals surface area contributed by atoms with Gasteiger partial charge in [0.2, 0.25) is 0 Å². The molecule has 16 heavy (non-hydrogen) atoms. The Hall–Kier alpha value is -0.780. The maximum Gasteiger partial charge on any atom is 0.0342 e. The topological polar surface area (TPSA) is 0 Å². The van der Waals surface area contributed by atoms with E-state index in [9.17, 15) is 0 Å². The highest BCUT2D eigenvalue weighted by atomic mass is 14.4. The lowest BCUT2D eigenvalue weighted by atomic mass is 9.67. The fourth-order valence-corrected chi connectivity index (χ4v) is 2.14. The van der Waals surface area contributed by atoms with Crippen LogP contribution in [0.4, 0.5) is 0 Å². The Balaban J connectivity index is 5.53. The second kappa shape index (κ2) is 6.08. The fourth-order valence-electron chi connectivity index (χ4n) is 2.14. The minimum Gasteiger partial charge on any atom is -0.0881 e. The van der Waals surface area contributed by atoms with Gasteiger partial charge in [0.15, 0.2) is 0 Å². The average molecular weight is 219 g/mol. The van der Waals surface area contributed by atoms with Crippen LogP contribution in [0.2, 0.25) is 0 Å². The van der Waals surface area contributed by atoms with Crippen LogP contribution in [0.1, 0.15) is 55.4 Å². The summed E-state index contributed by atoms with van der Waals surface area (Å²) in [5.74, 6) is 1.45. The summed E-state index contributed by atoms with van der Waals surface area (Å²) < 4.78 is 0. The number of hydrogen-bond acceptors (Lipinski definition) is 0. The van der Waals surface area contributed by atoms with E-state index in [0.29, 0.717) is 0 Å². The van der Waals surface area contributed by atoms with Crippen molar-refractivity contribution in [2.45, 2.75) is 55.4 Å². The molecule has 0 aliphatic rings. The van der Waals surface area contributed by atoms with Gasteiger partial charge in [-0.25, -0.2) is 0 Å². The van der Waals surface area contributed by atoms with Gasteiger partial charge in [-0.2, -0.15) is 0 Å². The summed E-state index contributed by atoms with van der Waals surface area (Å²) in [6, 6.07) is 0. The first-order chi connectivity index (χ1) is 7.32. The highest BCUT2D eigenvalue weighted by Gasteiger charge is 2.33. The van der Waals surface area contributed by atoms with E-state index in [0.717, 1.165) is 0 Å². The van der Waals surface area contributed by atoms with Gasteiger partial charge in [-0.15, -0.1) is 0 Å². The standard InChI is InChI=1S/C16H27/c1-9-12(4)15(13(5)10-2)16(7,8)14(6)11-3/h9-11H,1-8H3/b12-9+,13-10+,14-11+. The molecule has 0 aliphatic carbocycles. The van der Waals surface area contributed by atoms with Gasteiger partial charge in [0.05, 0.1) is 0 Å². The monoisotopic (exact) mass is 219 g/mol. The van der Waals surface area contributed by atoms with Crippen molar-refractivity contribution >= 4 is 0 Å². The molecule has 0 aromatic heterocycles. The lowest BCUT2D eigenvalue weighted by molar-refractivity contribution is 0.488. The van der Waals surface area contributed by atoms with Crippen molar-refractivity contribution in [3.05, 3.63) is 40.9 Å². The third-order valence-corrected chi connectivity index (χ3v) is 3.70. The first kappa shape index (κ1) is 15.2. The van der Waals surface area contributed by atoms with E-state index in [1.165, 1.54) is 22.6 Å². The normalized spacial score (nSPS) is 15.9. The highest BCUT2D eigenvalue weighted by Crippen LogP contribution is 2.44. The highest BCUT2D eigenvalue weighted by molar-refractivity contribution is 5.45. The molecule has 0 saturated heterocycles. The van der Waals surface area contributed by atoms with Gasteiger partial charge in [-0.1, -0.05) is 48.8 Å². The summed E-state index contributed by atoms with van der Waals surface area (Å²) in [6.45, 7) is 17.6. The van der Waals surface area contributed by atoms with Crippen molar-refractivity contribution in [2.24, 2.45) is 5.41 Å². The molecule has 1 radical (unpaired) electrons. The van der Waals surface area contributed by atoms with Crippen molar-refractivity contribution in [2.75, 3.05) is 0 Å². The Labute approximate surface area is 102 Å². The van der Waals surface area contributed by atoms with Crippen molar-refractivity contribution in [3.8, 4) is 0 Å². The minimum absolute atomic E-state index is 0.113. The molecule has 0 fully saturated rings. The van der Waals surface area contributed by atoms with Crippen LogP contribution >= 0.6 is 0 Å². The molecule has 0 atom stereocenters. The Bertz CT molecular complexity index is 293. The minimum atomic E-state index is 0.113. The summed E-state index contributed by atoms with van der Waals surface area (Å²) in [7, 11) is 0. The van der Waals surface area contributed by atoms with Gasteiger partial charge in [-0.05, 0) is 47.0 Å². The van der Waals surface area contributed by atoms with Gasteiger partial charge >= 0.3 is 0 Å². The van der Waals surface area contributed by atoms with Gasteiger partial charge in [-0.3, -0.25) is 0 Å². The lowest BCUT2D eigenvalue weighted by Gasteiger charge is -2.36. The predicted molar refractivity (Wildman–Crippen MR) is 75.3 cm³/mol. The van der Waals surface area contributed by atoms with E-state index in [-0.39, 0.29) is 5.41 Å². The van der Waals surface area contributed by atoms with Gasteiger partial charge < -0.3 is 0 Å². The third-order valence-electron chi connectivity index (χ3n) is 3.70. The van der Waals surface area contributed by atoms with Crippen molar-refractivity contribution in [1.29, 1.82) is 0 Å². The zero-order valence-electron chi connectivity index (χ0n) is 12.2. The Morgan fingerprint density at radius 2 is 1.12 bits per heavy atom. The SMILES string of the molecule is C/C=C(\C)[C](/C(C)=C/C)C(C)(C)/C(C)=C/C. The molecule has 0 nitrogen and oxygen atoms in total. The van der Waals surface area contributed by atoms with E-state index in [1.54, 1.807) is 0 Å². The second-order valence-electron chi connectivity index (χ2n) is 4.92. The average Bonchev–Trinajstić information content (AvgIpc) is 2.26. The number of allylic oxidation sites excluding steroid dienone is 6. The van der Waals surface area contributed by atoms with Crippen LogP contribution in [0.15, 0.2) is 34.9 Å². The predicted octanol–water partition coefficient (Wildman–Crippen LogP) is 5.49. The van der Waals surface area contributed by atoms with Crippen LogP contribution in [0, 0.1) is 11.3 Å². The van der Waals surface area contributed by atoms with E-state index in [4.69, 9.17) is 0 Å². The smallest absolute Gasteiger partial charge is 0.0342 e. The van der Waals surface area contributed by atoms with Crippen molar-refractivity contribution < 1.29 is 0 Å². The quantitative estimate of drug-likeness (QED) is 0.549. The zero-order chi connectivity index (χ0) is 12.9. The van der Waals surface area contributed by atoms with Gasteiger partial charge in [0.1, 0.15) is 0 Å². The molecule has 0 aliphatic heterocycles. The molecule has 0 rings (SSSR count). The Morgan fingerprint density at radius 1 is 0.750 bits per heavy atom. The number of hydrogen-bond donors (Lipinski definition) is 0. The summed E-state index contributed by atoms with van der Waals surface area (Å²) in [5.41, 5.74) is 4.29. The van der Waals surface area contributed by atoms with Crippen LogP contribution < -0.4 is 0 Å². The zero-order valence-corrected chi connectivity index (χ0v) is 12.2. The molecule has 0 aromatic carbocycles. The molecule has 91 valence electrons. The van der Waals surface area contributed by atoms with Crippen LogP contribution in [-0.4, -0.2) is 0 Å². The van der Waals surface area contributed by atoms with E-state index < -0.39 is 0 Å².